The van der Waals surface area contributed by atoms with Gasteiger partial charge in [-0.05, 0) is 49.6 Å². The Labute approximate surface area is 144 Å². The first-order valence-electron chi connectivity index (χ1n) is 8.08. The number of rotatable bonds is 4. The first kappa shape index (κ1) is 15.3. The van der Waals surface area contributed by atoms with Crippen LogP contribution in [0.2, 0.25) is 0 Å². The molecule has 3 heterocycles. The second kappa shape index (κ2) is 6.00. The first-order chi connectivity index (χ1) is 11.1. The van der Waals surface area contributed by atoms with Gasteiger partial charge in [0.1, 0.15) is 0 Å². The summed E-state index contributed by atoms with van der Waals surface area (Å²) in [4.78, 5) is 20.4. The van der Waals surface area contributed by atoms with Crippen molar-refractivity contribution < 1.29 is 4.79 Å². The van der Waals surface area contributed by atoms with Crippen molar-refractivity contribution in [3.05, 3.63) is 38.5 Å². The molecule has 0 atom stereocenters. The Kier molecular flexibility index (Phi) is 3.99. The molecular formula is C17H21N3OS2. The molecule has 1 spiro atoms. The van der Waals surface area contributed by atoms with E-state index in [1.54, 1.807) is 22.7 Å². The lowest BCUT2D eigenvalue weighted by molar-refractivity contribution is 0.0695. The highest BCUT2D eigenvalue weighted by atomic mass is 32.1. The fraction of sp³-hybridized carbons (Fsp3) is 0.529. The Bertz CT molecular complexity index is 689. The van der Waals surface area contributed by atoms with Gasteiger partial charge in [0.25, 0.3) is 5.91 Å². The van der Waals surface area contributed by atoms with Gasteiger partial charge >= 0.3 is 0 Å². The Morgan fingerprint density at radius 3 is 3.09 bits per heavy atom. The Morgan fingerprint density at radius 2 is 2.39 bits per heavy atom. The summed E-state index contributed by atoms with van der Waals surface area (Å²) in [5.74, 6) is 0.0845. The smallest absolute Gasteiger partial charge is 0.252 e. The summed E-state index contributed by atoms with van der Waals surface area (Å²) < 4.78 is 0. The van der Waals surface area contributed by atoms with Crippen LogP contribution in [0.25, 0.3) is 0 Å². The number of nitrogens with zero attached hydrogens (tertiary/aromatic N) is 2. The van der Waals surface area contributed by atoms with Crippen LogP contribution in [0, 0.1) is 12.3 Å². The van der Waals surface area contributed by atoms with Crippen LogP contribution >= 0.6 is 22.7 Å². The van der Waals surface area contributed by atoms with Gasteiger partial charge in [0, 0.05) is 35.0 Å². The van der Waals surface area contributed by atoms with Gasteiger partial charge in [-0.2, -0.15) is 11.3 Å². The molecular weight excluding hydrogens is 326 g/mol. The largest absolute Gasteiger partial charge is 0.349 e. The second-order valence-corrected chi connectivity index (χ2v) is 8.63. The molecule has 1 saturated heterocycles. The van der Waals surface area contributed by atoms with Crippen molar-refractivity contribution >= 4 is 28.6 Å². The molecule has 122 valence electrons. The average molecular weight is 348 g/mol. The molecule has 1 N–H and O–H groups in total. The maximum atomic E-state index is 12.1. The Balaban J connectivity index is 1.28. The molecule has 1 amide bonds. The molecule has 2 aromatic rings. The summed E-state index contributed by atoms with van der Waals surface area (Å²) >= 11 is 3.33. The van der Waals surface area contributed by atoms with Crippen LogP contribution in [0.5, 0.6) is 0 Å². The molecule has 23 heavy (non-hydrogen) atoms. The SMILES string of the molecule is Cc1ncsc1CN1CCC2(CC(NC(=O)c3ccsc3)C2)C1. The molecule has 0 bridgehead atoms. The highest BCUT2D eigenvalue weighted by molar-refractivity contribution is 7.09. The van der Waals surface area contributed by atoms with Crippen molar-refractivity contribution in [3.8, 4) is 0 Å². The standard InChI is InChI=1S/C17H21N3OS2/c1-12-15(23-11-18-12)8-20-4-3-17(10-20)6-14(7-17)19-16(21)13-2-5-22-9-13/h2,5,9,11,14H,3-4,6-8,10H2,1H3,(H,19,21). The molecule has 1 aliphatic heterocycles. The van der Waals surface area contributed by atoms with Crippen LogP contribution in [0.1, 0.15) is 40.2 Å². The lowest BCUT2D eigenvalue weighted by Gasteiger charge is -2.45. The summed E-state index contributed by atoms with van der Waals surface area (Å²) in [5, 5.41) is 7.05. The predicted octanol–water partition coefficient (Wildman–Crippen LogP) is 3.30. The van der Waals surface area contributed by atoms with Gasteiger partial charge in [-0.1, -0.05) is 0 Å². The van der Waals surface area contributed by atoms with Crippen LogP contribution < -0.4 is 5.32 Å². The summed E-state index contributed by atoms with van der Waals surface area (Å²) in [6.45, 7) is 5.46. The van der Waals surface area contributed by atoms with Crippen molar-refractivity contribution in [2.45, 2.75) is 38.8 Å². The Morgan fingerprint density at radius 1 is 1.52 bits per heavy atom. The topological polar surface area (TPSA) is 45.2 Å². The number of thiophene rings is 1. The third-order valence-corrected chi connectivity index (χ3v) is 6.81. The van der Waals surface area contributed by atoms with E-state index in [0.717, 1.165) is 31.5 Å². The van der Waals surface area contributed by atoms with Crippen LogP contribution in [-0.4, -0.2) is 34.9 Å². The molecule has 1 aliphatic carbocycles. The highest BCUT2D eigenvalue weighted by Gasteiger charge is 2.48. The van der Waals surface area contributed by atoms with E-state index in [2.05, 4.69) is 22.1 Å². The van der Waals surface area contributed by atoms with Gasteiger partial charge in [-0.3, -0.25) is 9.69 Å². The average Bonchev–Trinajstić information content (AvgIpc) is 3.21. The number of nitrogens with one attached hydrogen (secondary N) is 1. The summed E-state index contributed by atoms with van der Waals surface area (Å²) in [7, 11) is 0. The number of likely N-dealkylation sites (tertiary alicyclic amines) is 1. The monoisotopic (exact) mass is 347 g/mol. The van der Waals surface area contributed by atoms with Gasteiger partial charge in [-0.25, -0.2) is 4.98 Å². The molecule has 0 aromatic carbocycles. The lowest BCUT2D eigenvalue weighted by atomic mass is 9.65. The fourth-order valence-electron chi connectivity index (χ4n) is 3.93. The molecule has 4 nitrogen and oxygen atoms in total. The fourth-order valence-corrected chi connectivity index (χ4v) is 5.38. The number of carbonyl (C=O) groups excluding carboxylic acids is 1. The zero-order valence-corrected chi connectivity index (χ0v) is 14.9. The van der Waals surface area contributed by atoms with Crippen molar-refractivity contribution in [2.24, 2.45) is 5.41 Å². The molecule has 6 heteroatoms. The number of aryl methyl sites for hydroxylation is 1. The van der Waals surface area contributed by atoms with Gasteiger partial charge in [0.15, 0.2) is 0 Å². The van der Waals surface area contributed by atoms with Gasteiger partial charge in [0.05, 0.1) is 11.2 Å². The van der Waals surface area contributed by atoms with Crippen LogP contribution in [0.15, 0.2) is 22.3 Å². The molecule has 4 rings (SSSR count). The molecule has 1 saturated carbocycles. The minimum absolute atomic E-state index is 0.0845. The number of aromatic nitrogens is 1. The number of hydrogen-bond acceptors (Lipinski definition) is 5. The summed E-state index contributed by atoms with van der Waals surface area (Å²) in [6, 6.07) is 2.25. The number of hydrogen-bond donors (Lipinski definition) is 1. The molecule has 0 radical (unpaired) electrons. The number of carbonyl (C=O) groups is 1. The third kappa shape index (κ3) is 3.07. The van der Waals surface area contributed by atoms with Crippen molar-refractivity contribution in [2.75, 3.05) is 13.1 Å². The maximum Gasteiger partial charge on any atom is 0.252 e. The van der Waals surface area contributed by atoms with Crippen molar-refractivity contribution in [3.63, 3.8) is 0 Å². The Hall–Kier alpha value is -1.24. The molecule has 0 unspecified atom stereocenters. The number of thiazole rings is 1. The van der Waals surface area contributed by atoms with E-state index in [1.807, 2.05) is 22.3 Å². The van der Waals surface area contributed by atoms with E-state index in [0.29, 0.717) is 11.5 Å². The molecule has 2 aromatic heterocycles. The van der Waals surface area contributed by atoms with Gasteiger partial charge < -0.3 is 5.32 Å². The van der Waals surface area contributed by atoms with E-state index in [4.69, 9.17) is 0 Å². The van der Waals surface area contributed by atoms with E-state index in [1.165, 1.54) is 23.5 Å². The third-order valence-electron chi connectivity index (χ3n) is 5.21. The highest BCUT2D eigenvalue weighted by Crippen LogP contribution is 2.48. The van der Waals surface area contributed by atoms with E-state index in [-0.39, 0.29) is 5.91 Å². The molecule has 2 fully saturated rings. The summed E-state index contributed by atoms with van der Waals surface area (Å²) in [5.41, 5.74) is 4.34. The van der Waals surface area contributed by atoms with Gasteiger partial charge in [-0.15, -0.1) is 11.3 Å². The lowest BCUT2D eigenvalue weighted by Crippen LogP contribution is -2.51. The first-order valence-corrected chi connectivity index (χ1v) is 9.90. The minimum Gasteiger partial charge on any atom is -0.349 e. The molecule has 2 aliphatic rings. The quantitative estimate of drug-likeness (QED) is 0.923. The predicted molar refractivity (Wildman–Crippen MR) is 94.0 cm³/mol. The second-order valence-electron chi connectivity index (χ2n) is 6.91. The van der Waals surface area contributed by atoms with Gasteiger partial charge in [0.2, 0.25) is 0 Å². The van der Waals surface area contributed by atoms with E-state index in [9.17, 15) is 4.79 Å². The zero-order chi connectivity index (χ0) is 15.9. The van der Waals surface area contributed by atoms with Crippen LogP contribution in [0.4, 0.5) is 0 Å². The minimum atomic E-state index is 0.0845. The van der Waals surface area contributed by atoms with Crippen LogP contribution in [-0.2, 0) is 6.54 Å². The summed E-state index contributed by atoms with van der Waals surface area (Å²) in [6.07, 6.45) is 3.51. The van der Waals surface area contributed by atoms with E-state index < -0.39 is 0 Å². The van der Waals surface area contributed by atoms with Crippen molar-refractivity contribution in [1.29, 1.82) is 0 Å². The zero-order valence-electron chi connectivity index (χ0n) is 13.2. The number of amides is 1. The maximum absolute atomic E-state index is 12.1. The normalized spacial score (nSPS) is 27.3. The van der Waals surface area contributed by atoms with Crippen LogP contribution in [0.3, 0.4) is 0 Å². The van der Waals surface area contributed by atoms with E-state index >= 15 is 0 Å². The van der Waals surface area contributed by atoms with Crippen molar-refractivity contribution in [1.82, 2.24) is 15.2 Å².